The third-order valence-electron chi connectivity index (χ3n) is 3.34. The van der Waals surface area contributed by atoms with Crippen LogP contribution in [-0.2, 0) is 20.0 Å². The van der Waals surface area contributed by atoms with Gasteiger partial charge in [0, 0.05) is 38.4 Å². The van der Waals surface area contributed by atoms with E-state index < -0.39 is 0 Å². The molecule has 1 N–H and O–H groups in total. The minimum atomic E-state index is 0.633. The molecule has 0 radical (unpaired) electrons. The minimum Gasteiger partial charge on any atom is -0.493 e. The number of hydrogen-bond donors (Lipinski definition) is 1. The van der Waals surface area contributed by atoms with Gasteiger partial charge in [0.15, 0.2) is 11.5 Å². The Labute approximate surface area is 125 Å². The van der Waals surface area contributed by atoms with Crippen molar-refractivity contribution in [2.75, 3.05) is 20.3 Å². The van der Waals surface area contributed by atoms with Crippen LogP contribution in [0.2, 0.25) is 0 Å². The number of rotatable bonds is 8. The van der Waals surface area contributed by atoms with Crippen LogP contribution in [-0.4, -0.2) is 30.0 Å². The van der Waals surface area contributed by atoms with E-state index in [9.17, 15) is 0 Å². The highest BCUT2D eigenvalue weighted by molar-refractivity contribution is 5.42. The second-order valence-electron chi connectivity index (χ2n) is 4.79. The van der Waals surface area contributed by atoms with E-state index in [2.05, 4.69) is 16.5 Å². The number of aryl methyl sites for hydroxylation is 1. The molecule has 0 saturated carbocycles. The molecule has 1 heterocycles. The van der Waals surface area contributed by atoms with Gasteiger partial charge in [-0.2, -0.15) is 5.10 Å². The SMILES string of the molecule is CCOc1cc(CNCCc2ccnn2C)ccc1OC. The van der Waals surface area contributed by atoms with Gasteiger partial charge in [-0.3, -0.25) is 4.68 Å². The largest absolute Gasteiger partial charge is 0.493 e. The molecule has 2 rings (SSSR count). The van der Waals surface area contributed by atoms with Crippen LogP contribution in [0.15, 0.2) is 30.5 Å². The lowest BCUT2D eigenvalue weighted by molar-refractivity contribution is 0.310. The molecule has 2 aromatic rings. The van der Waals surface area contributed by atoms with Gasteiger partial charge in [-0.15, -0.1) is 0 Å². The summed E-state index contributed by atoms with van der Waals surface area (Å²) in [5.74, 6) is 1.57. The lowest BCUT2D eigenvalue weighted by atomic mass is 10.2. The molecule has 0 spiro atoms. The minimum absolute atomic E-state index is 0.633. The van der Waals surface area contributed by atoms with E-state index in [1.807, 2.05) is 43.0 Å². The summed E-state index contributed by atoms with van der Waals surface area (Å²) in [5.41, 5.74) is 2.41. The van der Waals surface area contributed by atoms with Crippen molar-refractivity contribution in [3.63, 3.8) is 0 Å². The van der Waals surface area contributed by atoms with Crippen LogP contribution in [0.1, 0.15) is 18.2 Å². The van der Waals surface area contributed by atoms with Crippen molar-refractivity contribution in [2.24, 2.45) is 7.05 Å². The average molecular weight is 289 g/mol. The summed E-state index contributed by atoms with van der Waals surface area (Å²) in [5, 5.41) is 7.60. The summed E-state index contributed by atoms with van der Waals surface area (Å²) in [7, 11) is 3.62. The van der Waals surface area contributed by atoms with Crippen LogP contribution in [0.25, 0.3) is 0 Å². The Balaban J connectivity index is 1.85. The Morgan fingerprint density at radius 2 is 2.10 bits per heavy atom. The zero-order valence-corrected chi connectivity index (χ0v) is 12.9. The van der Waals surface area contributed by atoms with E-state index in [0.717, 1.165) is 31.0 Å². The van der Waals surface area contributed by atoms with Crippen molar-refractivity contribution in [2.45, 2.75) is 19.9 Å². The van der Waals surface area contributed by atoms with Crippen molar-refractivity contribution >= 4 is 0 Å². The summed E-state index contributed by atoms with van der Waals surface area (Å²) in [6, 6.07) is 8.07. The average Bonchev–Trinajstić information content (AvgIpc) is 2.90. The highest BCUT2D eigenvalue weighted by atomic mass is 16.5. The molecule has 1 aromatic heterocycles. The molecule has 0 aliphatic heterocycles. The van der Waals surface area contributed by atoms with Crippen LogP contribution < -0.4 is 14.8 Å². The molecule has 1 aromatic carbocycles. The Morgan fingerprint density at radius 3 is 2.76 bits per heavy atom. The molecule has 0 bridgehead atoms. The van der Waals surface area contributed by atoms with Gasteiger partial charge in [-0.25, -0.2) is 0 Å². The molecule has 0 aliphatic rings. The fourth-order valence-electron chi connectivity index (χ4n) is 2.20. The van der Waals surface area contributed by atoms with E-state index in [1.165, 1.54) is 11.3 Å². The second-order valence-corrected chi connectivity index (χ2v) is 4.79. The number of nitrogens with zero attached hydrogens (tertiary/aromatic N) is 2. The van der Waals surface area contributed by atoms with Crippen molar-refractivity contribution in [1.82, 2.24) is 15.1 Å². The van der Waals surface area contributed by atoms with Crippen LogP contribution in [0.3, 0.4) is 0 Å². The topological polar surface area (TPSA) is 48.3 Å². The Bertz CT molecular complexity index is 566. The maximum atomic E-state index is 5.59. The molecule has 0 unspecified atom stereocenters. The van der Waals surface area contributed by atoms with E-state index in [0.29, 0.717) is 6.61 Å². The second kappa shape index (κ2) is 7.69. The summed E-state index contributed by atoms with van der Waals surface area (Å²) in [6.07, 6.45) is 2.79. The quantitative estimate of drug-likeness (QED) is 0.757. The standard InChI is InChI=1S/C16H23N3O2/c1-4-21-16-11-13(5-6-15(16)20-3)12-17-9-7-14-8-10-18-19(14)2/h5-6,8,10-11,17H,4,7,9,12H2,1-3H3. The van der Waals surface area contributed by atoms with Crippen molar-refractivity contribution < 1.29 is 9.47 Å². The van der Waals surface area contributed by atoms with Gasteiger partial charge < -0.3 is 14.8 Å². The third kappa shape index (κ3) is 4.23. The van der Waals surface area contributed by atoms with Crippen LogP contribution in [0.4, 0.5) is 0 Å². The van der Waals surface area contributed by atoms with Gasteiger partial charge in [0.25, 0.3) is 0 Å². The van der Waals surface area contributed by atoms with Crippen LogP contribution in [0, 0.1) is 0 Å². The van der Waals surface area contributed by atoms with Gasteiger partial charge in [0.05, 0.1) is 13.7 Å². The molecular formula is C16H23N3O2. The summed E-state index contributed by atoms with van der Waals surface area (Å²) < 4.78 is 12.8. The molecule has 21 heavy (non-hydrogen) atoms. The monoisotopic (exact) mass is 289 g/mol. The normalized spacial score (nSPS) is 10.6. The first-order valence-corrected chi connectivity index (χ1v) is 7.22. The summed E-state index contributed by atoms with van der Waals surface area (Å²) in [6.45, 7) is 4.32. The predicted molar refractivity (Wildman–Crippen MR) is 82.8 cm³/mol. The number of nitrogens with one attached hydrogen (secondary N) is 1. The van der Waals surface area contributed by atoms with Crippen LogP contribution >= 0.6 is 0 Å². The summed E-state index contributed by atoms with van der Waals surface area (Å²) >= 11 is 0. The molecule has 0 atom stereocenters. The fraction of sp³-hybridized carbons (Fsp3) is 0.438. The van der Waals surface area contributed by atoms with E-state index in [4.69, 9.17) is 9.47 Å². The maximum Gasteiger partial charge on any atom is 0.161 e. The smallest absolute Gasteiger partial charge is 0.161 e. The van der Waals surface area contributed by atoms with Gasteiger partial charge in [0.2, 0.25) is 0 Å². The fourth-order valence-corrected chi connectivity index (χ4v) is 2.20. The predicted octanol–water partition coefficient (Wildman–Crippen LogP) is 2.16. The highest BCUT2D eigenvalue weighted by Gasteiger charge is 2.05. The van der Waals surface area contributed by atoms with Gasteiger partial charge >= 0.3 is 0 Å². The first kappa shape index (κ1) is 15.4. The third-order valence-corrected chi connectivity index (χ3v) is 3.34. The Hall–Kier alpha value is -2.01. The first-order valence-electron chi connectivity index (χ1n) is 7.22. The molecule has 114 valence electrons. The maximum absolute atomic E-state index is 5.59. The number of benzene rings is 1. The lowest BCUT2D eigenvalue weighted by Gasteiger charge is -2.11. The summed E-state index contributed by atoms with van der Waals surface area (Å²) in [4.78, 5) is 0. The zero-order chi connectivity index (χ0) is 15.1. The molecule has 0 fully saturated rings. The highest BCUT2D eigenvalue weighted by Crippen LogP contribution is 2.27. The lowest BCUT2D eigenvalue weighted by Crippen LogP contribution is -2.18. The molecule has 5 heteroatoms. The molecule has 5 nitrogen and oxygen atoms in total. The molecule has 0 aliphatic carbocycles. The molecular weight excluding hydrogens is 266 g/mol. The van der Waals surface area contributed by atoms with Crippen molar-refractivity contribution in [3.8, 4) is 11.5 Å². The van der Waals surface area contributed by atoms with Crippen LogP contribution in [0.5, 0.6) is 11.5 Å². The molecule has 0 saturated heterocycles. The molecule has 0 amide bonds. The van der Waals surface area contributed by atoms with E-state index in [-0.39, 0.29) is 0 Å². The zero-order valence-electron chi connectivity index (χ0n) is 12.9. The Morgan fingerprint density at radius 1 is 1.24 bits per heavy atom. The van der Waals surface area contributed by atoms with E-state index in [1.54, 1.807) is 7.11 Å². The number of aromatic nitrogens is 2. The van der Waals surface area contributed by atoms with E-state index >= 15 is 0 Å². The van der Waals surface area contributed by atoms with Crippen molar-refractivity contribution in [1.29, 1.82) is 0 Å². The van der Waals surface area contributed by atoms with Gasteiger partial charge in [-0.05, 0) is 30.7 Å². The Kier molecular flexibility index (Phi) is 5.63. The van der Waals surface area contributed by atoms with Gasteiger partial charge in [0.1, 0.15) is 0 Å². The van der Waals surface area contributed by atoms with Crippen molar-refractivity contribution in [3.05, 3.63) is 41.7 Å². The number of methoxy groups -OCH3 is 1. The number of hydrogen-bond acceptors (Lipinski definition) is 4. The number of ether oxygens (including phenoxy) is 2. The first-order chi connectivity index (χ1) is 10.2. The van der Waals surface area contributed by atoms with Gasteiger partial charge in [-0.1, -0.05) is 6.07 Å².